The summed E-state index contributed by atoms with van der Waals surface area (Å²) in [6.07, 6.45) is 11.0. The maximum absolute atomic E-state index is 5.35. The van der Waals surface area contributed by atoms with Crippen molar-refractivity contribution in [2.75, 3.05) is 19.6 Å². The van der Waals surface area contributed by atoms with Gasteiger partial charge in [-0.2, -0.15) is 0 Å². The Labute approximate surface area is 172 Å². The van der Waals surface area contributed by atoms with E-state index in [1.54, 1.807) is 6.26 Å². The average molecular weight is 400 g/mol. The van der Waals surface area contributed by atoms with E-state index in [4.69, 9.17) is 9.41 Å². The number of rotatable bonds is 6. The van der Waals surface area contributed by atoms with E-state index >= 15 is 0 Å². The maximum Gasteiger partial charge on any atom is 0.216 e. The Morgan fingerprint density at radius 2 is 2.17 bits per heavy atom. The van der Waals surface area contributed by atoms with Crippen LogP contribution in [0.25, 0.3) is 11.6 Å². The highest BCUT2D eigenvalue weighted by atomic mass is 16.3. The van der Waals surface area contributed by atoms with Crippen molar-refractivity contribution >= 4 is 5.96 Å². The lowest BCUT2D eigenvalue weighted by Crippen LogP contribution is -2.53. The van der Waals surface area contributed by atoms with Crippen molar-refractivity contribution < 1.29 is 4.42 Å². The molecule has 2 aromatic heterocycles. The molecule has 3 N–H and O–H groups in total. The summed E-state index contributed by atoms with van der Waals surface area (Å²) in [5, 5.41) is 14.2. The Morgan fingerprint density at radius 3 is 2.97 bits per heavy atom. The molecular weight excluding hydrogens is 366 g/mol. The molecule has 8 heteroatoms. The molecule has 0 amide bonds. The highest BCUT2D eigenvalue weighted by Gasteiger charge is 2.27. The monoisotopic (exact) mass is 399 g/mol. The van der Waals surface area contributed by atoms with Gasteiger partial charge in [0, 0.05) is 25.2 Å². The Bertz CT molecular complexity index is 764. The smallest absolute Gasteiger partial charge is 0.216 e. The molecule has 3 heterocycles. The average Bonchev–Trinajstić information content (AvgIpc) is 3.45. The topological polar surface area (TPSA) is 94.4 Å². The van der Waals surface area contributed by atoms with Crippen molar-refractivity contribution in [3.05, 3.63) is 24.2 Å². The van der Waals surface area contributed by atoms with Crippen molar-refractivity contribution in [2.45, 2.75) is 70.5 Å². The van der Waals surface area contributed by atoms with Gasteiger partial charge < -0.3 is 15.1 Å². The van der Waals surface area contributed by atoms with Crippen LogP contribution in [0, 0.1) is 0 Å². The molecule has 4 rings (SSSR count). The normalized spacial score (nSPS) is 22.0. The van der Waals surface area contributed by atoms with Crippen LogP contribution in [-0.2, 0) is 6.54 Å². The summed E-state index contributed by atoms with van der Waals surface area (Å²) in [6, 6.07) is 4.90. The number of guanidine groups is 1. The number of furan rings is 1. The Kier molecular flexibility index (Phi) is 6.82. The largest absolute Gasteiger partial charge is 0.461 e. The third kappa shape index (κ3) is 5.38. The zero-order valence-corrected chi connectivity index (χ0v) is 17.4. The fourth-order valence-electron chi connectivity index (χ4n) is 4.45. The van der Waals surface area contributed by atoms with E-state index in [-0.39, 0.29) is 0 Å². The SMILES string of the molecule is CCNC(=NCc1nc(-c2ccco2)n[nH]1)NC1CCCN(C2CCCCC2)C1. The summed E-state index contributed by atoms with van der Waals surface area (Å²) in [4.78, 5) is 11.9. The standard InChI is InChI=1S/C21H33N7O/c1-2-22-21(23-14-19-25-20(27-26-19)18-11-7-13-29-18)24-16-8-6-12-28(15-16)17-9-4-3-5-10-17/h7,11,13,16-17H,2-6,8-10,12,14-15H2,1H3,(H2,22,23,24)(H,25,26,27). The molecule has 1 unspecified atom stereocenters. The lowest BCUT2D eigenvalue weighted by atomic mass is 9.92. The van der Waals surface area contributed by atoms with E-state index in [1.807, 2.05) is 12.1 Å². The Morgan fingerprint density at radius 1 is 1.28 bits per heavy atom. The molecule has 158 valence electrons. The summed E-state index contributed by atoms with van der Waals surface area (Å²) in [5.74, 6) is 2.79. The molecule has 0 spiro atoms. The van der Waals surface area contributed by atoms with Crippen LogP contribution in [0.15, 0.2) is 27.8 Å². The first-order valence-electron chi connectivity index (χ1n) is 11.1. The first kappa shape index (κ1) is 19.9. The molecule has 1 saturated carbocycles. The zero-order valence-electron chi connectivity index (χ0n) is 17.4. The number of nitrogens with zero attached hydrogens (tertiary/aromatic N) is 4. The van der Waals surface area contributed by atoms with Gasteiger partial charge in [-0.25, -0.2) is 9.98 Å². The fraction of sp³-hybridized carbons (Fsp3) is 0.667. The van der Waals surface area contributed by atoms with Crippen LogP contribution in [-0.4, -0.2) is 57.8 Å². The van der Waals surface area contributed by atoms with Crippen molar-refractivity contribution in [1.29, 1.82) is 0 Å². The van der Waals surface area contributed by atoms with Gasteiger partial charge in [-0.05, 0) is 51.3 Å². The minimum Gasteiger partial charge on any atom is -0.461 e. The number of H-pyrrole nitrogens is 1. The third-order valence-corrected chi connectivity index (χ3v) is 5.89. The first-order chi connectivity index (χ1) is 14.3. The van der Waals surface area contributed by atoms with Crippen molar-refractivity contribution in [1.82, 2.24) is 30.7 Å². The Balaban J connectivity index is 1.34. The molecule has 2 aliphatic rings. The van der Waals surface area contributed by atoms with E-state index in [0.29, 0.717) is 24.2 Å². The summed E-state index contributed by atoms with van der Waals surface area (Å²) in [7, 11) is 0. The van der Waals surface area contributed by atoms with Crippen LogP contribution < -0.4 is 10.6 Å². The van der Waals surface area contributed by atoms with Gasteiger partial charge in [0.2, 0.25) is 5.82 Å². The summed E-state index contributed by atoms with van der Waals surface area (Å²) < 4.78 is 5.35. The molecule has 1 atom stereocenters. The predicted octanol–water partition coefficient (Wildman–Crippen LogP) is 2.92. The number of nitrogens with one attached hydrogen (secondary N) is 3. The fourth-order valence-corrected chi connectivity index (χ4v) is 4.45. The van der Waals surface area contributed by atoms with E-state index < -0.39 is 0 Å². The summed E-state index contributed by atoms with van der Waals surface area (Å²) in [5.41, 5.74) is 0. The maximum atomic E-state index is 5.35. The lowest BCUT2D eigenvalue weighted by molar-refractivity contribution is 0.115. The minimum absolute atomic E-state index is 0.442. The van der Waals surface area contributed by atoms with Gasteiger partial charge in [0.15, 0.2) is 11.7 Å². The van der Waals surface area contributed by atoms with Crippen LogP contribution >= 0.6 is 0 Å². The second-order valence-electron chi connectivity index (χ2n) is 8.05. The molecule has 0 aromatic carbocycles. The number of aromatic nitrogens is 3. The van der Waals surface area contributed by atoms with Crippen LogP contribution in [0.4, 0.5) is 0 Å². The molecule has 2 fully saturated rings. The van der Waals surface area contributed by atoms with Crippen LogP contribution in [0.1, 0.15) is 57.7 Å². The number of likely N-dealkylation sites (tertiary alicyclic amines) is 1. The highest BCUT2D eigenvalue weighted by molar-refractivity contribution is 5.80. The number of hydrogen-bond acceptors (Lipinski definition) is 5. The minimum atomic E-state index is 0.442. The first-order valence-corrected chi connectivity index (χ1v) is 11.1. The third-order valence-electron chi connectivity index (χ3n) is 5.89. The molecule has 8 nitrogen and oxygen atoms in total. The molecule has 29 heavy (non-hydrogen) atoms. The zero-order chi connectivity index (χ0) is 19.9. The predicted molar refractivity (Wildman–Crippen MR) is 114 cm³/mol. The molecule has 0 radical (unpaired) electrons. The number of piperidine rings is 1. The molecule has 1 aliphatic heterocycles. The highest BCUT2D eigenvalue weighted by Crippen LogP contribution is 2.25. The van der Waals surface area contributed by atoms with E-state index in [9.17, 15) is 0 Å². The second-order valence-corrected chi connectivity index (χ2v) is 8.05. The molecule has 0 bridgehead atoms. The van der Waals surface area contributed by atoms with E-state index in [1.165, 1.54) is 51.5 Å². The molecule has 1 aliphatic carbocycles. The van der Waals surface area contributed by atoms with Gasteiger partial charge in [-0.1, -0.05) is 19.3 Å². The second kappa shape index (κ2) is 9.91. The van der Waals surface area contributed by atoms with Crippen molar-refractivity contribution in [3.8, 4) is 11.6 Å². The lowest BCUT2D eigenvalue weighted by Gasteiger charge is -2.40. The van der Waals surface area contributed by atoms with Gasteiger partial charge in [0.05, 0.1) is 6.26 Å². The van der Waals surface area contributed by atoms with Gasteiger partial charge in [-0.3, -0.25) is 10.00 Å². The van der Waals surface area contributed by atoms with Crippen molar-refractivity contribution in [3.63, 3.8) is 0 Å². The summed E-state index contributed by atoms with van der Waals surface area (Å²) in [6.45, 7) is 5.72. The number of aromatic amines is 1. The molecular formula is C21H33N7O. The molecule has 2 aromatic rings. The number of hydrogen-bond donors (Lipinski definition) is 3. The Hall–Kier alpha value is -2.35. The van der Waals surface area contributed by atoms with E-state index in [2.05, 4.69) is 37.6 Å². The van der Waals surface area contributed by atoms with Gasteiger partial charge >= 0.3 is 0 Å². The van der Waals surface area contributed by atoms with Crippen molar-refractivity contribution in [2.24, 2.45) is 4.99 Å². The van der Waals surface area contributed by atoms with Crippen LogP contribution in [0.2, 0.25) is 0 Å². The van der Waals surface area contributed by atoms with E-state index in [0.717, 1.165) is 30.9 Å². The van der Waals surface area contributed by atoms with Crippen LogP contribution in [0.5, 0.6) is 0 Å². The van der Waals surface area contributed by atoms with Gasteiger partial charge in [0.25, 0.3) is 0 Å². The van der Waals surface area contributed by atoms with Gasteiger partial charge in [-0.15, -0.1) is 5.10 Å². The van der Waals surface area contributed by atoms with Crippen LogP contribution in [0.3, 0.4) is 0 Å². The van der Waals surface area contributed by atoms with Gasteiger partial charge in [0.1, 0.15) is 12.4 Å². The molecule has 1 saturated heterocycles. The number of aliphatic imine (C=N–C) groups is 1. The summed E-state index contributed by atoms with van der Waals surface area (Å²) >= 11 is 0. The quantitative estimate of drug-likeness (QED) is 0.511.